The first kappa shape index (κ1) is 22.7. The van der Waals surface area contributed by atoms with E-state index in [0.29, 0.717) is 11.7 Å². The lowest BCUT2D eigenvalue weighted by Gasteiger charge is -2.35. The molecule has 1 aliphatic heterocycles. The van der Waals surface area contributed by atoms with E-state index >= 15 is 0 Å². The van der Waals surface area contributed by atoms with E-state index < -0.39 is 0 Å². The first-order valence-corrected chi connectivity index (χ1v) is 12.3. The fourth-order valence-electron chi connectivity index (χ4n) is 3.54. The van der Waals surface area contributed by atoms with Gasteiger partial charge in [-0.3, -0.25) is 9.69 Å². The molecule has 1 atom stereocenters. The van der Waals surface area contributed by atoms with Gasteiger partial charge in [-0.1, -0.05) is 65.6 Å². The van der Waals surface area contributed by atoms with Crippen molar-refractivity contribution in [1.29, 1.82) is 0 Å². The average molecular weight is 472 g/mol. The van der Waals surface area contributed by atoms with Crippen molar-refractivity contribution < 1.29 is 9.18 Å². The SMILES string of the molecule is C[C@@H](Sc1nnc(NCc2ccc(F)cc2)s1)C(=O)N1CCN(Cc2ccccc2)CC1. The van der Waals surface area contributed by atoms with Crippen molar-refractivity contribution in [3.63, 3.8) is 0 Å². The number of anilines is 1. The predicted molar refractivity (Wildman–Crippen MR) is 127 cm³/mol. The molecule has 168 valence electrons. The Morgan fingerprint density at radius 2 is 1.78 bits per heavy atom. The van der Waals surface area contributed by atoms with Gasteiger partial charge in [0.15, 0.2) is 4.34 Å². The lowest BCUT2D eigenvalue weighted by atomic mass is 10.2. The second-order valence-electron chi connectivity index (χ2n) is 7.70. The summed E-state index contributed by atoms with van der Waals surface area (Å²) >= 11 is 2.87. The molecule has 1 N–H and O–H groups in total. The third-order valence-corrected chi connectivity index (χ3v) is 7.37. The standard InChI is InChI=1S/C23H26FN5OS2/c1-17(21(30)29-13-11-28(12-14-29)16-19-5-3-2-4-6-19)31-23-27-26-22(32-23)25-15-18-7-9-20(24)10-8-18/h2-10,17H,11-16H2,1H3,(H,25,26)/t17-/m1/s1. The summed E-state index contributed by atoms with van der Waals surface area (Å²) in [4.78, 5) is 17.3. The van der Waals surface area contributed by atoms with Crippen LogP contribution in [0, 0.1) is 5.82 Å². The summed E-state index contributed by atoms with van der Waals surface area (Å²) in [6.07, 6.45) is 0. The molecule has 2 heterocycles. The van der Waals surface area contributed by atoms with Crippen molar-refractivity contribution in [2.45, 2.75) is 29.6 Å². The maximum atomic E-state index is 13.0. The van der Waals surface area contributed by atoms with Crippen LogP contribution >= 0.6 is 23.1 Å². The van der Waals surface area contributed by atoms with Crippen molar-refractivity contribution in [3.05, 3.63) is 71.5 Å². The topological polar surface area (TPSA) is 61.4 Å². The minimum Gasteiger partial charge on any atom is -0.356 e. The Hall–Kier alpha value is -2.49. The van der Waals surface area contributed by atoms with E-state index in [9.17, 15) is 9.18 Å². The smallest absolute Gasteiger partial charge is 0.235 e. The van der Waals surface area contributed by atoms with Gasteiger partial charge in [-0.2, -0.15) is 0 Å². The fourth-order valence-corrected chi connectivity index (χ4v) is 5.51. The van der Waals surface area contributed by atoms with E-state index in [2.05, 4.69) is 44.7 Å². The van der Waals surface area contributed by atoms with Gasteiger partial charge in [0.25, 0.3) is 0 Å². The molecule has 0 unspecified atom stereocenters. The number of hydrogen-bond donors (Lipinski definition) is 1. The number of piperazine rings is 1. The zero-order chi connectivity index (χ0) is 22.3. The fraction of sp³-hybridized carbons (Fsp3) is 0.348. The van der Waals surface area contributed by atoms with Crippen molar-refractivity contribution in [1.82, 2.24) is 20.0 Å². The number of halogens is 1. The number of hydrogen-bond acceptors (Lipinski definition) is 7. The van der Waals surface area contributed by atoms with Gasteiger partial charge in [-0.25, -0.2) is 4.39 Å². The maximum Gasteiger partial charge on any atom is 0.235 e. The van der Waals surface area contributed by atoms with Gasteiger partial charge < -0.3 is 10.2 Å². The molecular weight excluding hydrogens is 445 g/mol. The van der Waals surface area contributed by atoms with Gasteiger partial charge >= 0.3 is 0 Å². The van der Waals surface area contributed by atoms with Gasteiger partial charge in [0.1, 0.15) is 5.82 Å². The molecule has 1 aliphatic rings. The number of nitrogens with zero attached hydrogens (tertiary/aromatic N) is 4. The number of thioether (sulfide) groups is 1. The van der Waals surface area contributed by atoms with Crippen LogP contribution in [0.5, 0.6) is 0 Å². The summed E-state index contributed by atoms with van der Waals surface area (Å²) in [6.45, 7) is 6.65. The molecule has 3 aromatic rings. The predicted octanol–water partition coefficient (Wildman–Crippen LogP) is 4.11. The molecule has 0 radical (unpaired) electrons. The third-order valence-electron chi connectivity index (χ3n) is 5.32. The number of aromatic nitrogens is 2. The number of amides is 1. The van der Waals surface area contributed by atoms with Crippen molar-refractivity contribution >= 4 is 34.1 Å². The number of rotatable bonds is 8. The molecule has 1 saturated heterocycles. The molecule has 0 spiro atoms. The molecule has 1 fully saturated rings. The quantitative estimate of drug-likeness (QED) is 0.499. The maximum absolute atomic E-state index is 13.0. The summed E-state index contributed by atoms with van der Waals surface area (Å²) in [6, 6.07) is 16.8. The van der Waals surface area contributed by atoms with Crippen LogP contribution in [0.25, 0.3) is 0 Å². The Morgan fingerprint density at radius 1 is 1.06 bits per heavy atom. The zero-order valence-electron chi connectivity index (χ0n) is 17.9. The van der Waals surface area contributed by atoms with Crippen molar-refractivity contribution in [3.8, 4) is 0 Å². The molecule has 4 rings (SSSR count). The molecule has 0 aliphatic carbocycles. The van der Waals surface area contributed by atoms with Crippen LogP contribution in [0.4, 0.5) is 9.52 Å². The summed E-state index contributed by atoms with van der Waals surface area (Å²) in [5, 5.41) is 12.0. The van der Waals surface area contributed by atoms with E-state index in [4.69, 9.17) is 0 Å². The highest BCUT2D eigenvalue weighted by atomic mass is 32.2. The molecule has 1 amide bonds. The number of benzene rings is 2. The summed E-state index contributed by atoms with van der Waals surface area (Å²) < 4.78 is 13.8. The third kappa shape index (κ3) is 6.27. The normalized spacial score (nSPS) is 15.5. The molecule has 1 aromatic heterocycles. The van der Waals surface area contributed by atoms with Gasteiger partial charge in [-0.15, -0.1) is 10.2 Å². The van der Waals surface area contributed by atoms with Gasteiger partial charge in [0, 0.05) is 39.3 Å². The van der Waals surface area contributed by atoms with Crippen LogP contribution in [0.1, 0.15) is 18.1 Å². The van der Waals surface area contributed by atoms with E-state index in [1.807, 2.05) is 17.9 Å². The summed E-state index contributed by atoms with van der Waals surface area (Å²) in [5.74, 6) is -0.106. The second-order valence-corrected chi connectivity index (χ2v) is 10.3. The minimum atomic E-state index is -0.250. The summed E-state index contributed by atoms with van der Waals surface area (Å²) in [5.41, 5.74) is 2.27. The average Bonchev–Trinajstić information content (AvgIpc) is 3.26. The first-order chi connectivity index (χ1) is 15.6. The molecular formula is C23H26FN5OS2. The van der Waals surface area contributed by atoms with Crippen LogP contribution in [-0.2, 0) is 17.9 Å². The Bertz CT molecular complexity index is 1010. The molecule has 32 heavy (non-hydrogen) atoms. The molecule has 0 bridgehead atoms. The monoisotopic (exact) mass is 471 g/mol. The molecule has 6 nitrogen and oxygen atoms in total. The molecule has 2 aromatic carbocycles. The van der Waals surface area contributed by atoms with E-state index in [1.165, 1.54) is 40.8 Å². The highest BCUT2D eigenvalue weighted by Gasteiger charge is 2.26. The van der Waals surface area contributed by atoms with Crippen molar-refractivity contribution in [2.24, 2.45) is 0 Å². The first-order valence-electron chi connectivity index (χ1n) is 10.6. The van der Waals surface area contributed by atoms with Crippen LogP contribution in [-0.4, -0.2) is 57.3 Å². The number of carbonyl (C=O) groups is 1. The Morgan fingerprint density at radius 3 is 2.50 bits per heavy atom. The molecule has 9 heteroatoms. The highest BCUT2D eigenvalue weighted by molar-refractivity contribution is 8.02. The van der Waals surface area contributed by atoms with Crippen LogP contribution in [0.2, 0.25) is 0 Å². The van der Waals surface area contributed by atoms with Gasteiger partial charge in [0.05, 0.1) is 5.25 Å². The van der Waals surface area contributed by atoms with E-state index in [-0.39, 0.29) is 17.0 Å². The lowest BCUT2D eigenvalue weighted by Crippen LogP contribution is -2.50. The summed E-state index contributed by atoms with van der Waals surface area (Å²) in [7, 11) is 0. The Labute approximate surface area is 195 Å². The number of nitrogens with one attached hydrogen (secondary N) is 1. The minimum absolute atomic E-state index is 0.144. The largest absolute Gasteiger partial charge is 0.356 e. The van der Waals surface area contributed by atoms with Crippen LogP contribution in [0.3, 0.4) is 0 Å². The zero-order valence-corrected chi connectivity index (χ0v) is 19.5. The molecule has 0 saturated carbocycles. The highest BCUT2D eigenvalue weighted by Crippen LogP contribution is 2.30. The van der Waals surface area contributed by atoms with Gasteiger partial charge in [-0.05, 0) is 30.2 Å². The Balaban J connectivity index is 1.22. The Kier molecular flexibility index (Phi) is 7.72. The lowest BCUT2D eigenvalue weighted by molar-refractivity contribution is -0.132. The second kappa shape index (κ2) is 10.9. The van der Waals surface area contributed by atoms with Crippen LogP contribution in [0.15, 0.2) is 58.9 Å². The van der Waals surface area contributed by atoms with Crippen molar-refractivity contribution in [2.75, 3.05) is 31.5 Å². The van der Waals surface area contributed by atoms with Gasteiger partial charge in [0.2, 0.25) is 11.0 Å². The van der Waals surface area contributed by atoms with Crippen LogP contribution < -0.4 is 5.32 Å². The van der Waals surface area contributed by atoms with E-state index in [0.717, 1.165) is 42.6 Å². The van der Waals surface area contributed by atoms with E-state index in [1.54, 1.807) is 12.1 Å². The number of carbonyl (C=O) groups excluding carboxylic acids is 1.